The molecule has 0 saturated carbocycles. The van der Waals surface area contributed by atoms with Crippen molar-refractivity contribution in [3.63, 3.8) is 0 Å². The van der Waals surface area contributed by atoms with Crippen LogP contribution in [0.2, 0.25) is 0 Å². The number of nitrogens with one attached hydrogen (secondary N) is 1. The number of unbranched alkanes of at least 4 members (excludes halogenated alkanes) is 1. The first-order chi connectivity index (χ1) is 13.7. The Bertz CT molecular complexity index is 1030. The van der Waals surface area contributed by atoms with Crippen LogP contribution in [-0.2, 0) is 13.0 Å². The lowest BCUT2D eigenvalue weighted by Crippen LogP contribution is -2.07. The van der Waals surface area contributed by atoms with Gasteiger partial charge in [0.25, 0.3) is 0 Å². The molecule has 3 aromatic heterocycles. The molecule has 28 heavy (non-hydrogen) atoms. The Kier molecular flexibility index (Phi) is 5.18. The molecule has 0 spiro atoms. The van der Waals surface area contributed by atoms with Crippen molar-refractivity contribution in [2.45, 2.75) is 39.7 Å². The topological polar surface area (TPSA) is 98.1 Å². The fourth-order valence-corrected chi connectivity index (χ4v) is 3.19. The molecule has 0 aliphatic carbocycles. The van der Waals surface area contributed by atoms with E-state index in [1.54, 1.807) is 6.20 Å². The molecule has 1 N–H and O–H groups in total. The summed E-state index contributed by atoms with van der Waals surface area (Å²) in [6.07, 6.45) is 5.00. The highest BCUT2D eigenvalue weighted by Gasteiger charge is 2.12. The first-order valence-corrected chi connectivity index (χ1v) is 9.43. The number of pyridine rings is 1. The number of hydrogen-bond acceptors (Lipinski definition) is 6. The first-order valence-electron chi connectivity index (χ1n) is 9.43. The van der Waals surface area contributed by atoms with Crippen LogP contribution in [0.3, 0.4) is 0 Å². The molecule has 8 heteroatoms. The van der Waals surface area contributed by atoms with Gasteiger partial charge in [-0.1, -0.05) is 37.6 Å². The third-order valence-electron chi connectivity index (χ3n) is 4.58. The highest BCUT2D eigenvalue weighted by molar-refractivity contribution is 5.76. The fraction of sp³-hybridized carbons (Fsp3) is 0.300. The maximum Gasteiger partial charge on any atom is 0.181 e. The van der Waals surface area contributed by atoms with Gasteiger partial charge in [-0.3, -0.25) is 4.98 Å². The summed E-state index contributed by atoms with van der Waals surface area (Å²) in [6.45, 7) is 4.84. The van der Waals surface area contributed by atoms with Crippen LogP contribution in [0.1, 0.15) is 37.0 Å². The lowest BCUT2D eigenvalue weighted by Gasteiger charge is -2.09. The molecule has 4 rings (SSSR count). The standard InChI is InChI=1S/C20H22N8/c1-3-4-7-18-22-14(2)25-28(18)13-15-8-10-16(11-9-15)19-17(6-5-12-21-19)20-23-26-27-24-20/h5-6,8-12H,3-4,7,13H2,1-2H3,(H,23,24,26,27). The summed E-state index contributed by atoms with van der Waals surface area (Å²) in [6, 6.07) is 12.2. The van der Waals surface area contributed by atoms with Crippen molar-refractivity contribution in [3.05, 3.63) is 59.8 Å². The van der Waals surface area contributed by atoms with Gasteiger partial charge in [-0.15, -0.1) is 5.10 Å². The number of tetrazole rings is 1. The highest BCUT2D eigenvalue weighted by Crippen LogP contribution is 2.27. The van der Waals surface area contributed by atoms with E-state index in [1.807, 2.05) is 23.7 Å². The van der Waals surface area contributed by atoms with E-state index in [-0.39, 0.29) is 0 Å². The van der Waals surface area contributed by atoms with Gasteiger partial charge >= 0.3 is 0 Å². The maximum absolute atomic E-state index is 4.57. The van der Waals surface area contributed by atoms with Crippen molar-refractivity contribution < 1.29 is 0 Å². The molecule has 0 atom stereocenters. The summed E-state index contributed by atoms with van der Waals surface area (Å²) in [5.74, 6) is 2.47. The monoisotopic (exact) mass is 374 g/mol. The van der Waals surface area contributed by atoms with Gasteiger partial charge in [-0.05, 0) is 41.5 Å². The van der Waals surface area contributed by atoms with Gasteiger partial charge in [0.1, 0.15) is 11.6 Å². The van der Waals surface area contributed by atoms with Crippen LogP contribution >= 0.6 is 0 Å². The van der Waals surface area contributed by atoms with Crippen LogP contribution in [-0.4, -0.2) is 40.4 Å². The Morgan fingerprint density at radius 2 is 1.96 bits per heavy atom. The van der Waals surface area contributed by atoms with E-state index in [9.17, 15) is 0 Å². The molecular formula is C20H22N8. The Hall–Kier alpha value is -3.42. The average molecular weight is 374 g/mol. The minimum absolute atomic E-state index is 0.603. The maximum atomic E-state index is 4.57. The van der Waals surface area contributed by atoms with E-state index in [0.29, 0.717) is 12.4 Å². The zero-order valence-corrected chi connectivity index (χ0v) is 16.0. The van der Waals surface area contributed by atoms with Gasteiger partial charge in [-0.2, -0.15) is 5.10 Å². The molecule has 0 aliphatic heterocycles. The molecule has 0 saturated heterocycles. The number of H-pyrrole nitrogens is 1. The lowest BCUT2D eigenvalue weighted by atomic mass is 10.0. The molecule has 1 aromatic carbocycles. The summed E-state index contributed by atoms with van der Waals surface area (Å²) in [5, 5.41) is 18.7. The Balaban J connectivity index is 1.58. The fourth-order valence-electron chi connectivity index (χ4n) is 3.19. The van der Waals surface area contributed by atoms with E-state index in [1.165, 1.54) is 5.56 Å². The van der Waals surface area contributed by atoms with Crippen molar-refractivity contribution in [1.29, 1.82) is 0 Å². The zero-order chi connectivity index (χ0) is 19.3. The smallest absolute Gasteiger partial charge is 0.181 e. The quantitative estimate of drug-likeness (QED) is 0.533. The minimum atomic E-state index is 0.603. The number of benzene rings is 1. The summed E-state index contributed by atoms with van der Waals surface area (Å²) in [5.41, 5.74) is 3.89. The number of rotatable bonds is 7. The second kappa shape index (κ2) is 8.08. The average Bonchev–Trinajstić information content (AvgIpc) is 3.37. The SMILES string of the molecule is CCCCc1nc(C)nn1Cc1ccc(-c2ncccc2-c2nnn[nH]2)cc1. The predicted octanol–water partition coefficient (Wildman–Crippen LogP) is 3.22. The van der Waals surface area contributed by atoms with Crippen molar-refractivity contribution in [3.8, 4) is 22.6 Å². The van der Waals surface area contributed by atoms with Crippen LogP contribution in [0.5, 0.6) is 0 Å². The van der Waals surface area contributed by atoms with Gasteiger partial charge in [0, 0.05) is 23.7 Å². The molecule has 0 aliphatic rings. The van der Waals surface area contributed by atoms with Crippen molar-refractivity contribution in [2.24, 2.45) is 0 Å². The van der Waals surface area contributed by atoms with Crippen LogP contribution in [0.25, 0.3) is 22.6 Å². The molecule has 142 valence electrons. The molecule has 0 radical (unpaired) electrons. The van der Waals surface area contributed by atoms with Crippen LogP contribution in [0, 0.1) is 6.92 Å². The minimum Gasteiger partial charge on any atom is -0.255 e. The van der Waals surface area contributed by atoms with Crippen LogP contribution in [0.4, 0.5) is 0 Å². The summed E-state index contributed by atoms with van der Waals surface area (Å²) < 4.78 is 2.01. The summed E-state index contributed by atoms with van der Waals surface area (Å²) in [7, 11) is 0. The zero-order valence-electron chi connectivity index (χ0n) is 16.0. The van der Waals surface area contributed by atoms with Crippen molar-refractivity contribution in [2.75, 3.05) is 0 Å². The number of aryl methyl sites for hydroxylation is 2. The summed E-state index contributed by atoms with van der Waals surface area (Å²) in [4.78, 5) is 9.10. The van der Waals surface area contributed by atoms with Crippen molar-refractivity contribution >= 4 is 0 Å². The Morgan fingerprint density at radius 1 is 1.11 bits per heavy atom. The molecule has 0 unspecified atom stereocenters. The number of hydrogen-bond donors (Lipinski definition) is 1. The third kappa shape index (κ3) is 3.80. The highest BCUT2D eigenvalue weighted by atomic mass is 15.5. The van der Waals surface area contributed by atoms with E-state index in [2.05, 4.69) is 66.9 Å². The molecule has 8 nitrogen and oxygen atoms in total. The second-order valence-corrected chi connectivity index (χ2v) is 6.68. The van der Waals surface area contributed by atoms with E-state index in [0.717, 1.165) is 47.7 Å². The van der Waals surface area contributed by atoms with Gasteiger partial charge in [0.2, 0.25) is 0 Å². The van der Waals surface area contributed by atoms with Gasteiger partial charge in [-0.25, -0.2) is 14.8 Å². The molecule has 4 aromatic rings. The first kappa shape index (κ1) is 18.0. The molecular weight excluding hydrogens is 352 g/mol. The van der Waals surface area contributed by atoms with E-state index >= 15 is 0 Å². The Labute approximate surface area is 163 Å². The summed E-state index contributed by atoms with van der Waals surface area (Å²) >= 11 is 0. The van der Waals surface area contributed by atoms with E-state index in [4.69, 9.17) is 0 Å². The van der Waals surface area contributed by atoms with Gasteiger partial charge in [0.05, 0.1) is 12.2 Å². The molecule has 3 heterocycles. The number of nitrogens with zero attached hydrogens (tertiary/aromatic N) is 7. The van der Waals surface area contributed by atoms with Crippen LogP contribution < -0.4 is 0 Å². The molecule has 0 bridgehead atoms. The molecule has 0 amide bonds. The molecule has 0 fully saturated rings. The Morgan fingerprint density at radius 3 is 2.71 bits per heavy atom. The third-order valence-corrected chi connectivity index (χ3v) is 4.58. The normalized spacial score (nSPS) is 11.1. The second-order valence-electron chi connectivity index (χ2n) is 6.68. The van der Waals surface area contributed by atoms with Gasteiger partial charge < -0.3 is 0 Å². The predicted molar refractivity (Wildman–Crippen MR) is 105 cm³/mol. The number of aromatic nitrogens is 8. The van der Waals surface area contributed by atoms with Crippen LogP contribution in [0.15, 0.2) is 42.6 Å². The van der Waals surface area contributed by atoms with Gasteiger partial charge in [0.15, 0.2) is 5.82 Å². The number of aromatic amines is 1. The largest absolute Gasteiger partial charge is 0.255 e. The van der Waals surface area contributed by atoms with Crippen molar-refractivity contribution in [1.82, 2.24) is 40.4 Å². The van der Waals surface area contributed by atoms with E-state index < -0.39 is 0 Å². The lowest BCUT2D eigenvalue weighted by molar-refractivity contribution is 0.616.